The van der Waals surface area contributed by atoms with Gasteiger partial charge in [0.1, 0.15) is 17.2 Å². The fourth-order valence-electron chi connectivity index (χ4n) is 2.23. The Hall–Kier alpha value is -3.37. The molecule has 6 heteroatoms. The minimum absolute atomic E-state index is 0.0416. The zero-order valence-corrected chi connectivity index (χ0v) is 14.0. The number of ketones is 2. The van der Waals surface area contributed by atoms with Crippen molar-refractivity contribution in [1.82, 2.24) is 0 Å². The summed E-state index contributed by atoms with van der Waals surface area (Å²) in [5.74, 6) is 0.750. The monoisotopic (exact) mass is 340 g/mol. The second-order valence-corrected chi connectivity index (χ2v) is 5.08. The highest BCUT2D eigenvalue weighted by Crippen LogP contribution is 2.28. The molecule has 0 fully saturated rings. The third-order valence-corrected chi connectivity index (χ3v) is 3.48. The summed E-state index contributed by atoms with van der Waals surface area (Å²) in [6.07, 6.45) is 0.782. The summed E-state index contributed by atoms with van der Waals surface area (Å²) in [6.45, 7) is 1.79. The highest BCUT2D eigenvalue weighted by Gasteiger charge is 2.25. The van der Waals surface area contributed by atoms with Crippen molar-refractivity contribution >= 4 is 17.5 Å². The molecule has 2 aromatic carbocycles. The third-order valence-electron chi connectivity index (χ3n) is 3.48. The molecule has 0 saturated carbocycles. The number of methoxy groups -OCH3 is 2. The van der Waals surface area contributed by atoms with E-state index < -0.39 is 11.6 Å². The summed E-state index contributed by atoms with van der Waals surface area (Å²) >= 11 is 0. The fraction of sp³-hybridized carbons (Fsp3) is 0.158. The second kappa shape index (κ2) is 7.95. The fourth-order valence-corrected chi connectivity index (χ4v) is 2.23. The molecular formula is C19H16O6. The van der Waals surface area contributed by atoms with E-state index in [-0.39, 0.29) is 22.6 Å². The van der Waals surface area contributed by atoms with Crippen molar-refractivity contribution in [3.05, 3.63) is 59.4 Å². The Balaban J connectivity index is 2.44. The van der Waals surface area contributed by atoms with Crippen molar-refractivity contribution in [1.29, 1.82) is 0 Å². The Morgan fingerprint density at radius 1 is 0.920 bits per heavy atom. The summed E-state index contributed by atoms with van der Waals surface area (Å²) in [4.78, 5) is 35.6. The molecule has 0 aliphatic rings. The van der Waals surface area contributed by atoms with Crippen LogP contribution in [0.1, 0.15) is 26.3 Å². The Bertz CT molecular complexity index is 862. The lowest BCUT2D eigenvalue weighted by molar-refractivity contribution is 0.0813. The van der Waals surface area contributed by atoms with Crippen LogP contribution < -0.4 is 14.2 Å². The van der Waals surface area contributed by atoms with Crippen molar-refractivity contribution in [2.24, 2.45) is 0 Å². The molecule has 0 aliphatic carbocycles. The van der Waals surface area contributed by atoms with Crippen LogP contribution in [0, 0.1) is 6.92 Å². The van der Waals surface area contributed by atoms with E-state index in [0.717, 1.165) is 11.8 Å². The van der Waals surface area contributed by atoms with Gasteiger partial charge in [0.15, 0.2) is 12.2 Å². The van der Waals surface area contributed by atoms with E-state index in [1.54, 1.807) is 25.1 Å². The predicted molar refractivity (Wildman–Crippen MR) is 90.3 cm³/mol. The van der Waals surface area contributed by atoms with Gasteiger partial charge in [0.25, 0.3) is 0 Å². The number of hydrogen-bond acceptors (Lipinski definition) is 6. The van der Waals surface area contributed by atoms with Crippen LogP contribution in [0.2, 0.25) is 0 Å². The molecule has 0 spiro atoms. The van der Waals surface area contributed by atoms with Gasteiger partial charge in [-0.3, -0.25) is 9.59 Å². The molecule has 0 saturated heterocycles. The number of aryl methyl sites for hydroxylation is 1. The first-order valence-electron chi connectivity index (χ1n) is 7.29. The smallest absolute Gasteiger partial charge is 0.237 e. The molecule has 0 N–H and O–H groups in total. The van der Waals surface area contributed by atoms with Gasteiger partial charge in [-0.1, -0.05) is 6.07 Å². The number of carbonyl (C=O) groups excluding carboxylic acids is 3. The number of rotatable bonds is 7. The summed E-state index contributed by atoms with van der Waals surface area (Å²) in [7, 11) is 2.88. The van der Waals surface area contributed by atoms with Crippen LogP contribution in [-0.4, -0.2) is 31.7 Å². The molecule has 0 unspecified atom stereocenters. The maximum atomic E-state index is 12.6. The predicted octanol–water partition coefficient (Wildman–Crippen LogP) is 2.80. The number of ether oxygens (including phenoxy) is 3. The highest BCUT2D eigenvalue weighted by molar-refractivity contribution is 6.50. The van der Waals surface area contributed by atoms with E-state index in [1.165, 1.54) is 38.4 Å². The maximum Gasteiger partial charge on any atom is 0.237 e. The molecule has 0 aromatic heterocycles. The van der Waals surface area contributed by atoms with Gasteiger partial charge in [-0.05, 0) is 36.8 Å². The second-order valence-electron chi connectivity index (χ2n) is 5.08. The summed E-state index contributed by atoms with van der Waals surface area (Å²) in [5.41, 5.74) is 0.950. The molecule has 128 valence electrons. The van der Waals surface area contributed by atoms with Crippen LogP contribution in [0.5, 0.6) is 17.2 Å². The molecule has 0 aliphatic heterocycles. The normalized spacial score (nSPS) is 9.72. The average Bonchev–Trinajstić information content (AvgIpc) is 2.64. The lowest BCUT2D eigenvalue weighted by Gasteiger charge is -2.11. The van der Waals surface area contributed by atoms with Gasteiger partial charge in [-0.2, -0.15) is 0 Å². The Morgan fingerprint density at radius 2 is 1.56 bits per heavy atom. The van der Waals surface area contributed by atoms with Crippen LogP contribution in [0.3, 0.4) is 0 Å². The van der Waals surface area contributed by atoms with Crippen molar-refractivity contribution < 1.29 is 28.6 Å². The Labute approximate surface area is 144 Å². The number of hydrogen-bond donors (Lipinski definition) is 0. The molecule has 0 bridgehead atoms. The van der Waals surface area contributed by atoms with Crippen molar-refractivity contribution in [2.45, 2.75) is 6.92 Å². The lowest BCUT2D eigenvalue weighted by atomic mass is 9.99. The first kappa shape index (κ1) is 18.0. The Morgan fingerprint density at radius 3 is 2.16 bits per heavy atom. The van der Waals surface area contributed by atoms with Gasteiger partial charge in [0.05, 0.1) is 25.3 Å². The topological polar surface area (TPSA) is 78.9 Å². The van der Waals surface area contributed by atoms with E-state index in [1.807, 2.05) is 0 Å². The van der Waals surface area contributed by atoms with E-state index in [2.05, 4.69) is 0 Å². The quantitative estimate of drug-likeness (QED) is 0.334. The van der Waals surface area contributed by atoms with Gasteiger partial charge in [0.2, 0.25) is 11.6 Å². The molecule has 0 radical (unpaired) electrons. The van der Waals surface area contributed by atoms with Crippen LogP contribution in [0.25, 0.3) is 0 Å². The largest absolute Gasteiger partial charge is 0.497 e. The third kappa shape index (κ3) is 3.94. The molecule has 0 amide bonds. The van der Waals surface area contributed by atoms with Crippen molar-refractivity contribution in [3.63, 3.8) is 0 Å². The minimum Gasteiger partial charge on any atom is -0.497 e. The Kier molecular flexibility index (Phi) is 5.71. The number of benzene rings is 2. The maximum absolute atomic E-state index is 12.6. The van der Waals surface area contributed by atoms with Crippen LogP contribution in [0.15, 0.2) is 42.7 Å². The summed E-state index contributed by atoms with van der Waals surface area (Å²) in [5, 5.41) is 0. The molecule has 0 atom stereocenters. The van der Waals surface area contributed by atoms with E-state index in [9.17, 15) is 14.4 Å². The van der Waals surface area contributed by atoms with Crippen LogP contribution >= 0.6 is 0 Å². The van der Waals surface area contributed by atoms with E-state index in [0.29, 0.717) is 5.75 Å². The van der Waals surface area contributed by atoms with Crippen LogP contribution in [-0.2, 0) is 4.79 Å². The van der Waals surface area contributed by atoms with Gasteiger partial charge in [0, 0.05) is 6.07 Å². The van der Waals surface area contributed by atoms with E-state index >= 15 is 0 Å². The first-order valence-corrected chi connectivity index (χ1v) is 7.29. The number of Topliss-reactive ketones (excluding diaryl/α,β-unsaturated/α-hetero) is 2. The highest BCUT2D eigenvalue weighted by atomic mass is 16.5. The summed E-state index contributed by atoms with van der Waals surface area (Å²) in [6, 6.07) is 9.23. The molecule has 25 heavy (non-hydrogen) atoms. The van der Waals surface area contributed by atoms with Gasteiger partial charge in [-0.15, -0.1) is 0 Å². The zero-order valence-electron chi connectivity index (χ0n) is 14.0. The molecule has 0 heterocycles. The van der Waals surface area contributed by atoms with Crippen molar-refractivity contribution in [2.75, 3.05) is 14.2 Å². The van der Waals surface area contributed by atoms with E-state index in [4.69, 9.17) is 14.2 Å². The SMILES string of the molecule is COc1ccc(C(=O)C(=O)c2ccc(C)cc2OC=C=O)c(OC)c1. The molecule has 2 aromatic rings. The molecule has 2 rings (SSSR count). The van der Waals surface area contributed by atoms with Crippen LogP contribution in [0.4, 0.5) is 0 Å². The van der Waals surface area contributed by atoms with Gasteiger partial charge < -0.3 is 14.2 Å². The summed E-state index contributed by atoms with van der Waals surface area (Å²) < 4.78 is 15.3. The van der Waals surface area contributed by atoms with Gasteiger partial charge in [-0.25, -0.2) is 4.79 Å². The van der Waals surface area contributed by atoms with Crippen molar-refractivity contribution in [3.8, 4) is 17.2 Å². The standard InChI is InChI=1S/C19H16O6/c1-12-4-6-15(17(10-12)25-9-8-20)19(22)18(21)14-7-5-13(23-2)11-16(14)24-3/h4-7,9-11H,1-3H3. The molecular weight excluding hydrogens is 324 g/mol. The number of carbonyl (C=O) groups is 2. The van der Waals surface area contributed by atoms with Gasteiger partial charge >= 0.3 is 0 Å². The zero-order chi connectivity index (χ0) is 18.4. The lowest BCUT2D eigenvalue weighted by Crippen LogP contribution is -2.16. The first-order chi connectivity index (χ1) is 12.0. The molecule has 6 nitrogen and oxygen atoms in total. The average molecular weight is 340 g/mol. The minimum atomic E-state index is -0.780.